The zero-order chi connectivity index (χ0) is 19.5. The first-order chi connectivity index (χ1) is 13.6. The Morgan fingerprint density at radius 2 is 1.79 bits per heavy atom. The molecule has 5 nitrogen and oxygen atoms in total. The van der Waals surface area contributed by atoms with E-state index in [1.54, 1.807) is 7.11 Å². The molecule has 1 aliphatic rings. The highest BCUT2D eigenvalue weighted by Crippen LogP contribution is 2.30. The number of nitrogens with zero attached hydrogens (tertiary/aromatic N) is 3. The highest BCUT2D eigenvalue weighted by molar-refractivity contribution is 7.99. The molecule has 1 aromatic heterocycles. The van der Waals surface area contributed by atoms with E-state index in [4.69, 9.17) is 4.74 Å². The van der Waals surface area contributed by atoms with Crippen LogP contribution in [0, 0.1) is 6.92 Å². The smallest absolute Gasteiger partial charge is 0.233 e. The molecule has 0 saturated heterocycles. The maximum atomic E-state index is 12.9. The summed E-state index contributed by atoms with van der Waals surface area (Å²) in [4.78, 5) is 24.2. The number of carbonyl (C=O) groups is 1. The van der Waals surface area contributed by atoms with Crippen molar-refractivity contribution in [2.45, 2.75) is 37.4 Å². The molecule has 3 aromatic rings. The quantitative estimate of drug-likeness (QED) is 0.562. The molecule has 0 unspecified atom stereocenters. The van der Waals surface area contributed by atoms with Gasteiger partial charge in [0.25, 0.3) is 0 Å². The molecule has 0 aliphatic heterocycles. The molecule has 1 aliphatic carbocycles. The summed E-state index contributed by atoms with van der Waals surface area (Å²) in [6.45, 7) is 2.58. The van der Waals surface area contributed by atoms with Crippen LogP contribution >= 0.6 is 11.8 Å². The molecular weight excluding hydrogens is 370 g/mol. The van der Waals surface area contributed by atoms with Crippen molar-refractivity contribution in [1.82, 2.24) is 14.9 Å². The lowest BCUT2D eigenvalue weighted by Gasteiger charge is -2.22. The normalized spacial score (nSPS) is 13.5. The second-order valence-corrected chi connectivity index (χ2v) is 7.96. The number of hydrogen-bond acceptors (Lipinski definition) is 5. The van der Waals surface area contributed by atoms with Crippen molar-refractivity contribution in [3.05, 3.63) is 59.8 Å². The highest BCUT2D eigenvalue weighted by Gasteiger charge is 2.32. The summed E-state index contributed by atoms with van der Waals surface area (Å²) in [7, 11) is 1.66. The van der Waals surface area contributed by atoms with Gasteiger partial charge < -0.3 is 9.64 Å². The number of benzene rings is 2. The molecule has 1 heterocycles. The van der Waals surface area contributed by atoms with Gasteiger partial charge in [0, 0.05) is 12.6 Å². The van der Waals surface area contributed by atoms with Crippen molar-refractivity contribution in [2.75, 3.05) is 12.9 Å². The van der Waals surface area contributed by atoms with Crippen LogP contribution in [0.4, 0.5) is 0 Å². The minimum atomic E-state index is 0.151. The summed E-state index contributed by atoms with van der Waals surface area (Å²) in [5.41, 5.74) is 3.73. The molecule has 2 aromatic carbocycles. The van der Waals surface area contributed by atoms with Gasteiger partial charge in [0.05, 0.1) is 29.6 Å². The van der Waals surface area contributed by atoms with E-state index in [9.17, 15) is 4.79 Å². The van der Waals surface area contributed by atoms with E-state index < -0.39 is 0 Å². The SMILES string of the molecule is COc1ccc(CN(C(=O)CSc2nc3ccccc3nc2C)C2CC2)cc1. The van der Waals surface area contributed by atoms with Crippen molar-refractivity contribution in [3.63, 3.8) is 0 Å². The summed E-state index contributed by atoms with van der Waals surface area (Å²) in [5.74, 6) is 1.35. The van der Waals surface area contributed by atoms with Gasteiger partial charge in [-0.1, -0.05) is 36.0 Å². The second-order valence-electron chi connectivity index (χ2n) is 6.99. The third-order valence-corrected chi connectivity index (χ3v) is 5.91. The molecule has 1 amide bonds. The first-order valence-corrected chi connectivity index (χ1v) is 10.4. The van der Waals surface area contributed by atoms with Crippen LogP contribution in [0.25, 0.3) is 11.0 Å². The van der Waals surface area contributed by atoms with Crippen molar-refractivity contribution in [2.24, 2.45) is 0 Å². The average Bonchev–Trinajstić information content (AvgIpc) is 3.56. The van der Waals surface area contributed by atoms with E-state index in [0.717, 1.165) is 45.9 Å². The first kappa shape index (κ1) is 18.7. The summed E-state index contributed by atoms with van der Waals surface area (Å²) in [5, 5.41) is 0.826. The predicted octanol–water partition coefficient (Wildman–Crippen LogP) is 4.23. The number of methoxy groups -OCH3 is 1. The monoisotopic (exact) mass is 393 g/mol. The van der Waals surface area contributed by atoms with Gasteiger partial charge in [-0.05, 0) is 49.6 Å². The zero-order valence-electron chi connectivity index (χ0n) is 16.1. The van der Waals surface area contributed by atoms with E-state index in [1.807, 2.05) is 60.4 Å². The standard InChI is InChI=1S/C22H23N3O2S/c1-15-22(24-20-6-4-3-5-19(20)23-15)28-14-21(26)25(17-9-10-17)13-16-7-11-18(27-2)12-8-16/h3-8,11-12,17H,9-10,13-14H2,1-2H3. The fourth-order valence-corrected chi connectivity index (χ4v) is 4.00. The molecule has 1 saturated carbocycles. The maximum absolute atomic E-state index is 12.9. The van der Waals surface area contributed by atoms with Crippen LogP contribution in [-0.2, 0) is 11.3 Å². The van der Waals surface area contributed by atoms with Crippen LogP contribution in [0.2, 0.25) is 0 Å². The van der Waals surface area contributed by atoms with Crippen LogP contribution in [0.3, 0.4) is 0 Å². The van der Waals surface area contributed by atoms with Crippen LogP contribution in [0.15, 0.2) is 53.6 Å². The lowest BCUT2D eigenvalue weighted by atomic mass is 10.2. The summed E-state index contributed by atoms with van der Waals surface area (Å²) < 4.78 is 5.21. The number of fused-ring (bicyclic) bond motifs is 1. The number of rotatable bonds is 7. The third-order valence-electron chi connectivity index (χ3n) is 4.85. The van der Waals surface area contributed by atoms with Crippen molar-refractivity contribution in [3.8, 4) is 5.75 Å². The predicted molar refractivity (Wildman–Crippen MR) is 112 cm³/mol. The number of para-hydroxylation sites is 2. The molecule has 4 rings (SSSR count). The number of amides is 1. The Morgan fingerprint density at radius 1 is 1.11 bits per heavy atom. The lowest BCUT2D eigenvalue weighted by Crippen LogP contribution is -2.34. The zero-order valence-corrected chi connectivity index (χ0v) is 16.9. The number of thioether (sulfide) groups is 1. The molecule has 6 heteroatoms. The van der Waals surface area contributed by atoms with Crippen molar-refractivity contribution < 1.29 is 9.53 Å². The van der Waals surface area contributed by atoms with Crippen molar-refractivity contribution in [1.29, 1.82) is 0 Å². The Labute approximate surface area is 169 Å². The van der Waals surface area contributed by atoms with E-state index >= 15 is 0 Å². The average molecular weight is 394 g/mol. The lowest BCUT2D eigenvalue weighted by molar-refractivity contribution is -0.129. The number of aromatic nitrogens is 2. The summed E-state index contributed by atoms with van der Waals surface area (Å²) in [6, 6.07) is 16.1. The van der Waals surface area contributed by atoms with Gasteiger partial charge in [0.15, 0.2) is 0 Å². The van der Waals surface area contributed by atoms with Gasteiger partial charge in [-0.25, -0.2) is 9.97 Å². The Kier molecular flexibility index (Phi) is 5.48. The number of carbonyl (C=O) groups excluding carboxylic acids is 1. The Bertz CT molecular complexity index is 987. The molecule has 144 valence electrons. The molecule has 0 bridgehead atoms. The Morgan fingerprint density at radius 3 is 2.43 bits per heavy atom. The summed E-state index contributed by atoms with van der Waals surface area (Å²) >= 11 is 1.48. The van der Waals surface area contributed by atoms with E-state index in [-0.39, 0.29) is 5.91 Å². The van der Waals surface area contributed by atoms with E-state index in [2.05, 4.69) is 9.97 Å². The van der Waals surface area contributed by atoms with Crippen molar-refractivity contribution >= 4 is 28.7 Å². The molecule has 0 atom stereocenters. The molecule has 0 spiro atoms. The Balaban J connectivity index is 1.44. The topological polar surface area (TPSA) is 55.3 Å². The van der Waals surface area contributed by atoms with Gasteiger partial charge in [-0.3, -0.25) is 4.79 Å². The van der Waals surface area contributed by atoms with Gasteiger partial charge in [-0.2, -0.15) is 0 Å². The van der Waals surface area contributed by atoms with E-state index in [1.165, 1.54) is 11.8 Å². The van der Waals surface area contributed by atoms with Crippen LogP contribution < -0.4 is 4.74 Å². The third kappa shape index (κ3) is 4.28. The van der Waals surface area contributed by atoms with Crippen LogP contribution in [-0.4, -0.2) is 39.7 Å². The summed E-state index contributed by atoms with van der Waals surface area (Å²) in [6.07, 6.45) is 2.17. The van der Waals surface area contributed by atoms with Gasteiger partial charge in [-0.15, -0.1) is 0 Å². The number of aryl methyl sites for hydroxylation is 1. The van der Waals surface area contributed by atoms with Crippen LogP contribution in [0.5, 0.6) is 5.75 Å². The van der Waals surface area contributed by atoms with Gasteiger partial charge in [0.2, 0.25) is 5.91 Å². The van der Waals surface area contributed by atoms with Crippen LogP contribution in [0.1, 0.15) is 24.1 Å². The Hall–Kier alpha value is -2.60. The minimum absolute atomic E-state index is 0.151. The maximum Gasteiger partial charge on any atom is 0.233 e. The highest BCUT2D eigenvalue weighted by atomic mass is 32.2. The molecular formula is C22H23N3O2S. The number of ether oxygens (including phenoxy) is 1. The minimum Gasteiger partial charge on any atom is -0.497 e. The molecule has 1 fully saturated rings. The molecule has 0 N–H and O–H groups in total. The second kappa shape index (κ2) is 8.19. The fraction of sp³-hybridized carbons (Fsp3) is 0.318. The fourth-order valence-electron chi connectivity index (χ4n) is 3.16. The number of hydrogen-bond donors (Lipinski definition) is 0. The largest absolute Gasteiger partial charge is 0.497 e. The van der Waals surface area contributed by atoms with Gasteiger partial charge >= 0.3 is 0 Å². The molecule has 0 radical (unpaired) electrons. The first-order valence-electron chi connectivity index (χ1n) is 9.42. The molecule has 28 heavy (non-hydrogen) atoms. The van der Waals surface area contributed by atoms with Gasteiger partial charge in [0.1, 0.15) is 10.8 Å². The van der Waals surface area contributed by atoms with E-state index in [0.29, 0.717) is 18.3 Å².